The highest BCUT2D eigenvalue weighted by Gasteiger charge is 2.22. The van der Waals surface area contributed by atoms with Crippen LogP contribution in [-0.2, 0) is 4.79 Å². The van der Waals surface area contributed by atoms with Gasteiger partial charge >= 0.3 is 0 Å². The largest absolute Gasteiger partial charge is 0.508 e. The third-order valence-corrected chi connectivity index (χ3v) is 4.66. The van der Waals surface area contributed by atoms with E-state index in [1.165, 1.54) is 11.1 Å². The van der Waals surface area contributed by atoms with Crippen molar-refractivity contribution in [2.75, 3.05) is 42.9 Å². The average molecular weight is 382 g/mol. The lowest BCUT2D eigenvalue weighted by molar-refractivity contribution is -0.892. The molecule has 1 aliphatic heterocycles. The van der Waals surface area contributed by atoms with Crippen molar-refractivity contribution in [3.8, 4) is 5.75 Å². The van der Waals surface area contributed by atoms with E-state index >= 15 is 0 Å². The monoisotopic (exact) mass is 381 g/mol. The molecule has 6 nitrogen and oxygen atoms in total. The standard InChI is InChI=1S/C17H18Cl2N4O2/c18-12-9-15(19)17(20-10-12)21-16(25)11-22-5-7-23(8-6-22)13-1-3-14(24)4-2-13/h1-4,9-10,24H,5-8,11H2,(H,20,21,25)/p+1. The number of nitrogens with one attached hydrogen (secondary N) is 2. The number of phenolic OH excluding ortho intramolecular Hbond substituents is 1. The van der Waals surface area contributed by atoms with Gasteiger partial charge in [0, 0.05) is 11.9 Å². The number of anilines is 2. The van der Waals surface area contributed by atoms with Gasteiger partial charge in [-0.3, -0.25) is 4.79 Å². The topological polar surface area (TPSA) is 69.9 Å². The molecule has 1 saturated heterocycles. The molecule has 25 heavy (non-hydrogen) atoms. The van der Waals surface area contributed by atoms with E-state index in [1.54, 1.807) is 18.2 Å². The molecular formula is C17H19Cl2N4O2+. The van der Waals surface area contributed by atoms with Crippen molar-refractivity contribution in [3.63, 3.8) is 0 Å². The lowest BCUT2D eigenvalue weighted by atomic mass is 10.2. The Balaban J connectivity index is 1.50. The molecule has 2 aromatic rings. The van der Waals surface area contributed by atoms with E-state index in [2.05, 4.69) is 15.2 Å². The van der Waals surface area contributed by atoms with E-state index in [9.17, 15) is 9.90 Å². The van der Waals surface area contributed by atoms with Crippen LogP contribution in [0.2, 0.25) is 10.0 Å². The van der Waals surface area contributed by atoms with Crippen LogP contribution in [0.1, 0.15) is 0 Å². The SMILES string of the molecule is O=C(C[NH+]1CCN(c2ccc(O)cc2)CC1)Nc1ncc(Cl)cc1Cl. The molecule has 1 amide bonds. The Morgan fingerprint density at radius 2 is 1.92 bits per heavy atom. The van der Waals surface area contributed by atoms with Gasteiger partial charge in [0.2, 0.25) is 0 Å². The molecule has 8 heteroatoms. The molecule has 132 valence electrons. The molecule has 0 atom stereocenters. The van der Waals surface area contributed by atoms with Crippen LogP contribution in [0.5, 0.6) is 5.75 Å². The van der Waals surface area contributed by atoms with Crippen molar-refractivity contribution in [3.05, 3.63) is 46.6 Å². The maximum absolute atomic E-state index is 12.2. The Bertz CT molecular complexity index is 747. The number of piperazine rings is 1. The summed E-state index contributed by atoms with van der Waals surface area (Å²) in [5.41, 5.74) is 1.08. The Hall–Kier alpha value is -2.02. The molecule has 1 aromatic heterocycles. The van der Waals surface area contributed by atoms with Gasteiger partial charge in [0.15, 0.2) is 12.4 Å². The lowest BCUT2D eigenvalue weighted by Crippen LogP contribution is -3.15. The van der Waals surface area contributed by atoms with Gasteiger partial charge < -0.3 is 20.2 Å². The first-order valence-electron chi connectivity index (χ1n) is 8.00. The first-order chi connectivity index (χ1) is 12.0. The fourth-order valence-corrected chi connectivity index (χ4v) is 3.26. The number of carbonyl (C=O) groups is 1. The predicted molar refractivity (Wildman–Crippen MR) is 98.8 cm³/mol. The third-order valence-electron chi connectivity index (χ3n) is 4.16. The number of quaternary nitrogens is 1. The molecular weight excluding hydrogens is 363 g/mol. The second-order valence-electron chi connectivity index (χ2n) is 5.96. The number of aromatic nitrogens is 1. The molecule has 1 aliphatic rings. The van der Waals surface area contributed by atoms with E-state index in [0.29, 0.717) is 22.4 Å². The van der Waals surface area contributed by atoms with Crippen LogP contribution in [0.4, 0.5) is 11.5 Å². The van der Waals surface area contributed by atoms with E-state index in [4.69, 9.17) is 23.2 Å². The van der Waals surface area contributed by atoms with Crippen LogP contribution in [-0.4, -0.2) is 48.7 Å². The highest BCUT2D eigenvalue weighted by Crippen LogP contribution is 2.22. The number of rotatable bonds is 4. The van der Waals surface area contributed by atoms with Crippen LogP contribution < -0.4 is 15.1 Å². The van der Waals surface area contributed by atoms with Crippen molar-refractivity contribution in [1.29, 1.82) is 0 Å². The Morgan fingerprint density at radius 1 is 1.24 bits per heavy atom. The third kappa shape index (κ3) is 4.75. The number of carbonyl (C=O) groups excluding carboxylic acids is 1. The summed E-state index contributed by atoms with van der Waals surface area (Å²) in [6, 6.07) is 8.73. The number of hydrogen-bond donors (Lipinski definition) is 3. The van der Waals surface area contributed by atoms with E-state index in [-0.39, 0.29) is 11.7 Å². The van der Waals surface area contributed by atoms with Gasteiger partial charge in [-0.2, -0.15) is 0 Å². The van der Waals surface area contributed by atoms with Crippen molar-refractivity contribution in [1.82, 2.24) is 4.98 Å². The lowest BCUT2D eigenvalue weighted by Gasteiger charge is -2.33. The summed E-state index contributed by atoms with van der Waals surface area (Å²) in [7, 11) is 0. The van der Waals surface area contributed by atoms with Crippen LogP contribution in [0.15, 0.2) is 36.5 Å². The molecule has 3 rings (SSSR count). The van der Waals surface area contributed by atoms with Gasteiger partial charge in [0.1, 0.15) is 5.75 Å². The summed E-state index contributed by atoms with van der Waals surface area (Å²) in [6.07, 6.45) is 1.45. The van der Waals surface area contributed by atoms with Crippen molar-refractivity contribution < 1.29 is 14.8 Å². The molecule has 0 unspecified atom stereocenters. The fraction of sp³-hybridized carbons (Fsp3) is 0.294. The second-order valence-corrected chi connectivity index (χ2v) is 6.81. The molecule has 0 spiro atoms. The van der Waals surface area contributed by atoms with Crippen LogP contribution in [0.25, 0.3) is 0 Å². The highest BCUT2D eigenvalue weighted by molar-refractivity contribution is 6.36. The summed E-state index contributed by atoms with van der Waals surface area (Å²) < 4.78 is 0. The molecule has 0 radical (unpaired) electrons. The van der Waals surface area contributed by atoms with Gasteiger partial charge in [-0.25, -0.2) is 4.98 Å². The molecule has 1 fully saturated rings. The van der Waals surface area contributed by atoms with Crippen molar-refractivity contribution in [2.24, 2.45) is 0 Å². The molecule has 2 heterocycles. The second kappa shape index (κ2) is 7.91. The molecule has 3 N–H and O–H groups in total. The number of benzene rings is 1. The maximum Gasteiger partial charge on any atom is 0.280 e. The number of phenols is 1. The number of amides is 1. The Labute approximate surface area is 156 Å². The first kappa shape index (κ1) is 17.8. The van der Waals surface area contributed by atoms with E-state index in [1.807, 2.05) is 12.1 Å². The molecule has 0 bridgehead atoms. The maximum atomic E-state index is 12.2. The van der Waals surface area contributed by atoms with Crippen molar-refractivity contribution in [2.45, 2.75) is 0 Å². The predicted octanol–water partition coefficient (Wildman–Crippen LogP) is 1.44. The van der Waals surface area contributed by atoms with E-state index in [0.717, 1.165) is 31.9 Å². The normalized spacial score (nSPS) is 15.2. The number of halogens is 2. The quantitative estimate of drug-likeness (QED) is 0.749. The molecule has 0 aliphatic carbocycles. The van der Waals surface area contributed by atoms with Crippen LogP contribution in [0, 0.1) is 0 Å². The van der Waals surface area contributed by atoms with Gasteiger partial charge in [-0.05, 0) is 30.3 Å². The Kier molecular flexibility index (Phi) is 5.63. The van der Waals surface area contributed by atoms with Crippen LogP contribution in [0.3, 0.4) is 0 Å². The summed E-state index contributed by atoms with van der Waals surface area (Å²) >= 11 is 11.8. The highest BCUT2D eigenvalue weighted by atomic mass is 35.5. The van der Waals surface area contributed by atoms with Gasteiger partial charge in [0.25, 0.3) is 5.91 Å². The zero-order valence-electron chi connectivity index (χ0n) is 13.5. The number of nitrogens with zero attached hydrogens (tertiary/aromatic N) is 2. The smallest absolute Gasteiger partial charge is 0.280 e. The van der Waals surface area contributed by atoms with Crippen molar-refractivity contribution >= 4 is 40.6 Å². The number of aromatic hydroxyl groups is 1. The fourth-order valence-electron chi connectivity index (χ4n) is 2.83. The zero-order chi connectivity index (χ0) is 17.8. The molecule has 0 saturated carbocycles. The van der Waals surface area contributed by atoms with Gasteiger partial charge in [-0.1, -0.05) is 23.2 Å². The summed E-state index contributed by atoms with van der Waals surface area (Å²) in [6.45, 7) is 3.79. The number of pyridine rings is 1. The first-order valence-corrected chi connectivity index (χ1v) is 8.75. The average Bonchev–Trinajstić information content (AvgIpc) is 2.59. The summed E-state index contributed by atoms with van der Waals surface area (Å²) in [5.74, 6) is 0.474. The number of hydrogen-bond acceptors (Lipinski definition) is 4. The van der Waals surface area contributed by atoms with Gasteiger partial charge in [-0.15, -0.1) is 0 Å². The molecule has 1 aromatic carbocycles. The minimum Gasteiger partial charge on any atom is -0.508 e. The summed E-state index contributed by atoms with van der Waals surface area (Å²) in [5, 5.41) is 12.9. The zero-order valence-corrected chi connectivity index (χ0v) is 15.0. The Morgan fingerprint density at radius 3 is 2.56 bits per heavy atom. The van der Waals surface area contributed by atoms with Gasteiger partial charge in [0.05, 0.1) is 36.2 Å². The summed E-state index contributed by atoms with van der Waals surface area (Å²) in [4.78, 5) is 19.7. The minimum absolute atomic E-state index is 0.121. The van der Waals surface area contributed by atoms with Crippen LogP contribution >= 0.6 is 23.2 Å². The minimum atomic E-state index is -0.121. The van der Waals surface area contributed by atoms with E-state index < -0.39 is 0 Å².